The van der Waals surface area contributed by atoms with E-state index in [0.717, 1.165) is 36.9 Å². The van der Waals surface area contributed by atoms with Crippen LogP contribution in [-0.2, 0) is 0 Å². The minimum absolute atomic E-state index is 0.0865. The Kier molecular flexibility index (Phi) is 5.93. The Balaban J connectivity index is 1.65. The quantitative estimate of drug-likeness (QED) is 0.563. The number of anilines is 2. The van der Waals surface area contributed by atoms with Crippen LogP contribution in [0.4, 0.5) is 11.5 Å². The summed E-state index contributed by atoms with van der Waals surface area (Å²) in [5.74, 6) is 0.0318. The van der Waals surface area contributed by atoms with Crippen molar-refractivity contribution in [2.45, 2.75) is 58.0 Å². The molecule has 1 saturated carbocycles. The SMILES string of the molecule is Cc1cc([C@@H](C)Nc2ccccc2C(=O)O)c2nc(N3CC4CCCC3CC4)c(C#N)c(=O)n2c1. The number of rotatable bonds is 5. The highest BCUT2D eigenvalue weighted by Crippen LogP contribution is 2.37. The molecule has 2 bridgehead atoms. The Morgan fingerprint density at radius 1 is 1.26 bits per heavy atom. The van der Waals surface area contributed by atoms with E-state index in [1.807, 2.05) is 19.9 Å². The summed E-state index contributed by atoms with van der Waals surface area (Å²) in [5.41, 5.74) is 2.50. The van der Waals surface area contributed by atoms with Crippen LogP contribution in [0.15, 0.2) is 41.3 Å². The van der Waals surface area contributed by atoms with Crippen molar-refractivity contribution in [2.75, 3.05) is 16.8 Å². The van der Waals surface area contributed by atoms with Crippen LogP contribution in [0.1, 0.15) is 72.1 Å². The number of piperidine rings is 1. The maximum Gasteiger partial charge on any atom is 0.337 e. The molecule has 8 nitrogen and oxygen atoms in total. The molecule has 180 valence electrons. The molecule has 0 spiro atoms. The number of nitrogens with one attached hydrogen (secondary N) is 1. The lowest BCUT2D eigenvalue weighted by Gasteiger charge is -2.38. The maximum atomic E-state index is 13.5. The summed E-state index contributed by atoms with van der Waals surface area (Å²) in [6.07, 6.45) is 7.34. The first-order valence-electron chi connectivity index (χ1n) is 12.2. The summed E-state index contributed by atoms with van der Waals surface area (Å²) >= 11 is 0. The molecule has 0 amide bonds. The molecule has 2 unspecified atom stereocenters. The lowest BCUT2D eigenvalue weighted by Crippen LogP contribution is -2.43. The zero-order valence-corrected chi connectivity index (χ0v) is 20.0. The van der Waals surface area contributed by atoms with Crippen molar-refractivity contribution in [3.63, 3.8) is 0 Å². The Morgan fingerprint density at radius 2 is 2.06 bits per heavy atom. The summed E-state index contributed by atoms with van der Waals surface area (Å²) in [6, 6.07) is 10.8. The number of hydrogen-bond donors (Lipinski definition) is 2. The number of carboxylic acids is 1. The third kappa shape index (κ3) is 4.12. The smallest absolute Gasteiger partial charge is 0.337 e. The lowest BCUT2D eigenvalue weighted by molar-refractivity contribution is 0.0698. The number of hydrogen-bond acceptors (Lipinski definition) is 6. The van der Waals surface area contributed by atoms with Crippen molar-refractivity contribution in [3.8, 4) is 6.07 Å². The molecular weight excluding hydrogens is 442 g/mol. The number of nitrogens with zero attached hydrogens (tertiary/aromatic N) is 4. The molecule has 3 fully saturated rings. The Labute approximate surface area is 203 Å². The number of aryl methyl sites for hydroxylation is 1. The number of nitriles is 1. The van der Waals surface area contributed by atoms with E-state index in [-0.39, 0.29) is 22.7 Å². The summed E-state index contributed by atoms with van der Waals surface area (Å²) < 4.78 is 1.46. The van der Waals surface area contributed by atoms with Crippen LogP contribution in [0.25, 0.3) is 5.65 Å². The fraction of sp³-hybridized carbons (Fsp3) is 0.407. The van der Waals surface area contributed by atoms with Gasteiger partial charge in [-0.25, -0.2) is 9.78 Å². The molecule has 8 heteroatoms. The van der Waals surface area contributed by atoms with Gasteiger partial charge in [0.05, 0.1) is 11.6 Å². The molecule has 6 rings (SSSR count). The van der Waals surface area contributed by atoms with E-state index < -0.39 is 5.97 Å². The van der Waals surface area contributed by atoms with Crippen molar-refractivity contribution in [2.24, 2.45) is 5.92 Å². The Morgan fingerprint density at radius 3 is 2.83 bits per heavy atom. The molecule has 4 heterocycles. The highest BCUT2D eigenvalue weighted by Gasteiger charge is 2.34. The normalized spacial score (nSPS) is 20.3. The first-order valence-corrected chi connectivity index (χ1v) is 12.2. The predicted molar refractivity (Wildman–Crippen MR) is 134 cm³/mol. The fourth-order valence-corrected chi connectivity index (χ4v) is 5.67. The third-order valence-electron chi connectivity index (χ3n) is 7.40. The van der Waals surface area contributed by atoms with E-state index >= 15 is 0 Å². The van der Waals surface area contributed by atoms with Crippen LogP contribution < -0.4 is 15.8 Å². The summed E-state index contributed by atoms with van der Waals surface area (Å²) in [6.45, 7) is 4.63. The summed E-state index contributed by atoms with van der Waals surface area (Å²) in [5, 5.41) is 22.8. The van der Waals surface area contributed by atoms with E-state index in [1.165, 1.54) is 17.2 Å². The number of fused-ring (bicyclic) bond motifs is 5. The van der Waals surface area contributed by atoms with E-state index in [1.54, 1.807) is 30.5 Å². The van der Waals surface area contributed by atoms with Crippen molar-refractivity contribution >= 4 is 23.1 Å². The van der Waals surface area contributed by atoms with Crippen molar-refractivity contribution in [1.29, 1.82) is 5.26 Å². The molecule has 2 aliphatic heterocycles. The van der Waals surface area contributed by atoms with Crippen LogP contribution in [-0.4, -0.2) is 33.0 Å². The second-order valence-corrected chi connectivity index (χ2v) is 9.79. The average Bonchev–Trinajstić information content (AvgIpc) is 3.20. The number of benzene rings is 1. The number of aromatic carboxylic acids is 1. The maximum absolute atomic E-state index is 13.5. The van der Waals surface area contributed by atoms with Gasteiger partial charge in [0, 0.05) is 30.0 Å². The number of pyridine rings is 1. The van der Waals surface area contributed by atoms with Gasteiger partial charge in [0.15, 0.2) is 11.4 Å². The molecule has 3 aliphatic rings. The minimum Gasteiger partial charge on any atom is -0.478 e. The average molecular weight is 472 g/mol. The van der Waals surface area contributed by atoms with Gasteiger partial charge < -0.3 is 15.3 Å². The van der Waals surface area contributed by atoms with Crippen molar-refractivity contribution in [1.82, 2.24) is 9.38 Å². The van der Waals surface area contributed by atoms with Gasteiger partial charge >= 0.3 is 5.97 Å². The second-order valence-electron chi connectivity index (χ2n) is 9.79. The standard InChI is InChI=1S/C27H29N5O3/c1-16-12-21(17(2)29-23-9-4-3-8-20(23)27(34)35)24-30-25(22(13-28)26(33)32(24)14-16)31-15-18-6-5-7-19(31)11-10-18/h3-4,8-9,12,14,17-19,29H,5-7,10-11,15H2,1-2H3,(H,34,35)/t17-,18?,19?/m1/s1. The Hall–Kier alpha value is -3.86. The molecule has 35 heavy (non-hydrogen) atoms. The number of carbonyl (C=O) groups is 1. The lowest BCUT2D eigenvalue weighted by atomic mass is 9.94. The molecule has 2 saturated heterocycles. The second kappa shape index (κ2) is 9.06. The van der Waals surface area contributed by atoms with Gasteiger partial charge in [-0.05, 0) is 69.2 Å². The molecule has 2 aromatic heterocycles. The number of carboxylic acid groups (broad SMARTS) is 1. The highest BCUT2D eigenvalue weighted by molar-refractivity contribution is 5.94. The molecule has 2 N–H and O–H groups in total. The van der Waals surface area contributed by atoms with E-state index in [0.29, 0.717) is 29.1 Å². The largest absolute Gasteiger partial charge is 0.478 e. The molecular formula is C27H29N5O3. The minimum atomic E-state index is -1.01. The topological polar surface area (TPSA) is 111 Å². The first kappa shape index (κ1) is 22.9. The molecule has 3 atom stereocenters. The van der Waals surface area contributed by atoms with Gasteiger partial charge in [-0.15, -0.1) is 0 Å². The van der Waals surface area contributed by atoms with Gasteiger partial charge in [-0.3, -0.25) is 9.20 Å². The van der Waals surface area contributed by atoms with E-state index in [9.17, 15) is 20.0 Å². The molecule has 1 aliphatic carbocycles. The Bertz CT molecular complexity index is 1400. The van der Waals surface area contributed by atoms with Crippen LogP contribution >= 0.6 is 0 Å². The van der Waals surface area contributed by atoms with Crippen LogP contribution in [0.5, 0.6) is 0 Å². The molecule has 0 radical (unpaired) electrons. The summed E-state index contributed by atoms with van der Waals surface area (Å²) in [4.78, 5) is 32.4. The third-order valence-corrected chi connectivity index (χ3v) is 7.40. The van der Waals surface area contributed by atoms with Crippen LogP contribution in [0.3, 0.4) is 0 Å². The number of para-hydroxylation sites is 1. The molecule has 3 aromatic rings. The predicted octanol–water partition coefficient (Wildman–Crippen LogP) is 4.51. The first-order chi connectivity index (χ1) is 16.9. The van der Waals surface area contributed by atoms with E-state index in [4.69, 9.17) is 4.98 Å². The van der Waals surface area contributed by atoms with Crippen LogP contribution in [0, 0.1) is 24.2 Å². The molecule has 1 aromatic carbocycles. The van der Waals surface area contributed by atoms with Gasteiger partial charge in [0.25, 0.3) is 5.56 Å². The van der Waals surface area contributed by atoms with Crippen molar-refractivity contribution in [3.05, 3.63) is 69.1 Å². The van der Waals surface area contributed by atoms with Gasteiger partial charge in [-0.1, -0.05) is 18.6 Å². The van der Waals surface area contributed by atoms with E-state index in [2.05, 4.69) is 16.3 Å². The highest BCUT2D eigenvalue weighted by atomic mass is 16.4. The van der Waals surface area contributed by atoms with Crippen molar-refractivity contribution < 1.29 is 9.90 Å². The number of aromatic nitrogens is 2. The monoisotopic (exact) mass is 471 g/mol. The van der Waals surface area contributed by atoms with Gasteiger partial charge in [0.1, 0.15) is 11.7 Å². The van der Waals surface area contributed by atoms with Gasteiger partial charge in [0.2, 0.25) is 0 Å². The van der Waals surface area contributed by atoms with Crippen LogP contribution in [0.2, 0.25) is 0 Å². The van der Waals surface area contributed by atoms with Gasteiger partial charge in [-0.2, -0.15) is 5.26 Å². The summed E-state index contributed by atoms with van der Waals surface area (Å²) in [7, 11) is 0. The fourth-order valence-electron chi connectivity index (χ4n) is 5.67. The zero-order valence-electron chi connectivity index (χ0n) is 20.0. The zero-order chi connectivity index (χ0) is 24.7.